The monoisotopic (exact) mass is 866 g/mol. The summed E-state index contributed by atoms with van der Waals surface area (Å²) in [5.74, 6) is 6.34. The molecule has 1 saturated carbocycles. The molecule has 19 heteroatoms. The van der Waals surface area contributed by atoms with Crippen LogP contribution < -0.4 is 21.2 Å². The molecular formula is C44H52F2N12O5. The third kappa shape index (κ3) is 8.71. The van der Waals surface area contributed by atoms with Gasteiger partial charge in [0.1, 0.15) is 17.4 Å². The van der Waals surface area contributed by atoms with E-state index in [4.69, 9.17) is 9.72 Å². The standard InChI is InChI=1S/C44H52F2N12O5/c1-44(2)27-55(22-23-63-44)35-15-17-56-40(49-35)31(24-47-56)41(60)48-32-26-57(51-37(32)39(45)46)30-11-9-28(10-12-30)25-54-20-18-53(19-21-54)16-5-7-29-6-4-8-33-38(29)52(3)43(62)58(33)34-13-14-36(59)50-42(34)61/h4,6,8,15,17,24,26,28,30,34,39H,9-14,16,18-23,25,27H2,1-3H3,(H,48,60)(H,50,59,61). The molecule has 0 spiro atoms. The summed E-state index contributed by atoms with van der Waals surface area (Å²) in [6.45, 7) is 11.0. The number of para-hydroxylation sites is 1. The maximum Gasteiger partial charge on any atom is 0.329 e. The van der Waals surface area contributed by atoms with Crippen LogP contribution in [0.15, 0.2) is 47.7 Å². The molecule has 1 aliphatic carbocycles. The third-order valence-corrected chi connectivity index (χ3v) is 12.9. The Morgan fingerprint density at radius 3 is 2.56 bits per heavy atom. The topological polar surface area (TPSA) is 169 Å². The summed E-state index contributed by atoms with van der Waals surface area (Å²) in [5, 5.41) is 13.6. The fourth-order valence-corrected chi connectivity index (χ4v) is 9.55. The quantitative estimate of drug-likeness (QED) is 0.164. The Hall–Kier alpha value is -5.97. The van der Waals surface area contributed by atoms with E-state index in [1.54, 1.807) is 17.9 Å². The average molecular weight is 867 g/mol. The summed E-state index contributed by atoms with van der Waals surface area (Å²) in [4.78, 5) is 62.8. The highest BCUT2D eigenvalue weighted by Crippen LogP contribution is 2.36. The van der Waals surface area contributed by atoms with E-state index in [1.807, 2.05) is 38.1 Å². The van der Waals surface area contributed by atoms with E-state index < -0.39 is 30.0 Å². The number of halogens is 2. The first-order valence-electron chi connectivity index (χ1n) is 21.7. The van der Waals surface area contributed by atoms with Crippen LogP contribution in [0.1, 0.15) is 92.5 Å². The Balaban J connectivity index is 0.770. The average Bonchev–Trinajstić information content (AvgIpc) is 3.96. The summed E-state index contributed by atoms with van der Waals surface area (Å²) in [5.41, 5.74) is 1.34. The minimum atomic E-state index is -2.87. The van der Waals surface area contributed by atoms with Crippen LogP contribution in [0.2, 0.25) is 0 Å². The molecule has 3 aliphatic heterocycles. The lowest BCUT2D eigenvalue weighted by molar-refractivity contribution is -0.135. The SMILES string of the molecule is Cn1c(=O)n(C2CCC(=O)NC2=O)c2cccc(C#CCN3CCN(CC4CCC(n5cc(NC(=O)c6cnn7ccc(N8CCOC(C)(C)C8)nc67)c(C(F)F)n5)CC4)CC3)c21. The molecule has 3 amide bonds. The minimum absolute atomic E-state index is 0.0170. The number of nitrogens with one attached hydrogen (secondary N) is 2. The normalized spacial score (nSPS) is 22.4. The van der Waals surface area contributed by atoms with E-state index in [2.05, 4.69) is 47.4 Å². The van der Waals surface area contributed by atoms with Crippen LogP contribution in [-0.2, 0) is 21.4 Å². The van der Waals surface area contributed by atoms with Crippen LogP contribution in [0.3, 0.4) is 0 Å². The Kier molecular flexibility index (Phi) is 11.6. The second kappa shape index (κ2) is 17.3. The van der Waals surface area contributed by atoms with Crippen molar-refractivity contribution in [2.24, 2.45) is 13.0 Å². The number of hydrogen-bond donors (Lipinski definition) is 2. The fraction of sp³-hybridized carbons (Fsp3) is 0.523. The summed E-state index contributed by atoms with van der Waals surface area (Å²) in [6, 6.07) is 6.55. The molecule has 0 radical (unpaired) electrons. The van der Waals surface area contributed by atoms with E-state index in [0.29, 0.717) is 60.2 Å². The number of nitrogens with zero attached hydrogens (tertiary/aromatic N) is 10. The van der Waals surface area contributed by atoms with Gasteiger partial charge in [0.05, 0.1) is 53.3 Å². The molecule has 1 atom stereocenters. The number of carbonyl (C=O) groups excluding carboxylic acids is 3. The lowest BCUT2D eigenvalue weighted by Crippen LogP contribution is -2.48. The van der Waals surface area contributed by atoms with Crippen LogP contribution in [0.25, 0.3) is 16.7 Å². The van der Waals surface area contributed by atoms with Crippen molar-refractivity contribution in [3.63, 3.8) is 0 Å². The molecule has 63 heavy (non-hydrogen) atoms. The highest BCUT2D eigenvalue weighted by molar-refractivity contribution is 6.08. The Morgan fingerprint density at radius 1 is 1.03 bits per heavy atom. The molecule has 0 bridgehead atoms. The molecule has 4 aliphatic rings. The summed E-state index contributed by atoms with van der Waals surface area (Å²) in [7, 11) is 1.67. The number of imidazole rings is 1. The number of ether oxygens (including phenoxy) is 1. The molecule has 1 unspecified atom stereocenters. The van der Waals surface area contributed by atoms with Crippen molar-refractivity contribution in [1.82, 2.24) is 48.6 Å². The third-order valence-electron chi connectivity index (χ3n) is 12.9. The molecule has 5 aromatic rings. The number of morpholine rings is 1. The number of hydrogen-bond acceptors (Lipinski definition) is 11. The fourth-order valence-electron chi connectivity index (χ4n) is 9.55. The summed E-state index contributed by atoms with van der Waals surface area (Å²) < 4.78 is 40.6. The first kappa shape index (κ1) is 42.3. The van der Waals surface area contributed by atoms with Crippen molar-refractivity contribution < 1.29 is 27.9 Å². The Morgan fingerprint density at radius 2 is 1.81 bits per heavy atom. The summed E-state index contributed by atoms with van der Waals surface area (Å²) in [6.07, 6.45) is 5.73. The molecule has 4 aromatic heterocycles. The maximum atomic E-state index is 14.3. The molecule has 332 valence electrons. The minimum Gasteiger partial charge on any atom is -0.372 e. The molecule has 7 heterocycles. The van der Waals surface area contributed by atoms with Gasteiger partial charge in [0.2, 0.25) is 11.8 Å². The number of rotatable bonds is 9. The van der Waals surface area contributed by atoms with Gasteiger partial charge in [-0.2, -0.15) is 10.2 Å². The van der Waals surface area contributed by atoms with Crippen LogP contribution in [0.5, 0.6) is 0 Å². The van der Waals surface area contributed by atoms with Crippen LogP contribution in [0.4, 0.5) is 20.3 Å². The van der Waals surface area contributed by atoms with E-state index in [0.717, 1.165) is 58.4 Å². The van der Waals surface area contributed by atoms with Gasteiger partial charge in [0, 0.05) is 71.7 Å². The number of piperidine rings is 1. The number of aromatic nitrogens is 7. The van der Waals surface area contributed by atoms with Crippen LogP contribution in [0, 0.1) is 17.8 Å². The predicted molar refractivity (Wildman–Crippen MR) is 230 cm³/mol. The highest BCUT2D eigenvalue weighted by atomic mass is 19.3. The second-order valence-corrected chi connectivity index (χ2v) is 17.7. The number of benzene rings is 1. The van der Waals surface area contributed by atoms with Crippen molar-refractivity contribution in [1.29, 1.82) is 0 Å². The zero-order valence-corrected chi connectivity index (χ0v) is 35.7. The predicted octanol–water partition coefficient (Wildman–Crippen LogP) is 3.76. The van der Waals surface area contributed by atoms with E-state index in [-0.39, 0.29) is 47.3 Å². The molecule has 1 aromatic carbocycles. The Bertz CT molecular complexity index is 2670. The van der Waals surface area contributed by atoms with Crippen molar-refractivity contribution >= 4 is 45.9 Å². The van der Waals surface area contributed by atoms with Gasteiger partial charge in [-0.1, -0.05) is 17.9 Å². The van der Waals surface area contributed by atoms with Gasteiger partial charge in [0.15, 0.2) is 11.3 Å². The number of imide groups is 1. The maximum absolute atomic E-state index is 14.3. The number of fused-ring (bicyclic) bond motifs is 2. The van der Waals surface area contributed by atoms with Crippen LogP contribution >= 0.6 is 0 Å². The van der Waals surface area contributed by atoms with Crippen molar-refractivity contribution in [2.75, 3.05) is 69.2 Å². The van der Waals surface area contributed by atoms with E-state index in [1.165, 1.54) is 26.0 Å². The van der Waals surface area contributed by atoms with Crippen molar-refractivity contribution in [3.8, 4) is 11.8 Å². The van der Waals surface area contributed by atoms with Crippen molar-refractivity contribution in [3.05, 3.63) is 70.2 Å². The number of aryl methyl sites for hydroxylation is 1. The van der Waals surface area contributed by atoms with Gasteiger partial charge in [-0.05, 0) is 70.1 Å². The lowest BCUT2D eigenvalue weighted by Gasteiger charge is -2.38. The number of piperazine rings is 1. The van der Waals surface area contributed by atoms with Gasteiger partial charge in [-0.15, -0.1) is 0 Å². The first-order valence-corrected chi connectivity index (χ1v) is 21.7. The second-order valence-electron chi connectivity index (χ2n) is 17.7. The van der Waals surface area contributed by atoms with Crippen LogP contribution in [-0.4, -0.2) is 126 Å². The molecule has 9 rings (SSSR count). The van der Waals surface area contributed by atoms with Gasteiger partial charge < -0.3 is 19.9 Å². The lowest BCUT2D eigenvalue weighted by atomic mass is 9.85. The number of anilines is 2. The van der Waals surface area contributed by atoms with E-state index in [9.17, 15) is 28.0 Å². The highest BCUT2D eigenvalue weighted by Gasteiger charge is 2.33. The Labute approximate surface area is 362 Å². The van der Waals surface area contributed by atoms with Gasteiger partial charge >= 0.3 is 5.69 Å². The number of carbonyl (C=O) groups is 3. The van der Waals surface area contributed by atoms with Gasteiger partial charge in [0.25, 0.3) is 12.3 Å². The van der Waals surface area contributed by atoms with Crippen molar-refractivity contribution in [2.45, 2.75) is 76.5 Å². The molecule has 4 fully saturated rings. The zero-order chi connectivity index (χ0) is 44.0. The smallest absolute Gasteiger partial charge is 0.329 e. The van der Waals surface area contributed by atoms with Gasteiger partial charge in [-0.25, -0.2) is 23.1 Å². The van der Waals surface area contributed by atoms with Gasteiger partial charge in [-0.3, -0.25) is 38.4 Å². The van der Waals surface area contributed by atoms with E-state index >= 15 is 0 Å². The summed E-state index contributed by atoms with van der Waals surface area (Å²) >= 11 is 0. The molecular weight excluding hydrogens is 815 g/mol. The molecule has 3 saturated heterocycles. The largest absolute Gasteiger partial charge is 0.372 e. The number of amides is 3. The first-order chi connectivity index (χ1) is 30.3. The molecule has 17 nitrogen and oxygen atoms in total. The molecule has 2 N–H and O–H groups in total. The zero-order valence-electron chi connectivity index (χ0n) is 35.7. The number of alkyl halides is 2.